The Kier molecular flexibility index (Phi) is 3.69. The van der Waals surface area contributed by atoms with E-state index >= 15 is 0 Å². The number of fused-ring (bicyclic) bond motifs is 1. The van der Waals surface area contributed by atoms with E-state index in [-0.39, 0.29) is 0 Å². The lowest BCUT2D eigenvalue weighted by molar-refractivity contribution is -0.137. The van der Waals surface area contributed by atoms with Gasteiger partial charge in [-0.05, 0) is 48.7 Å². The molecule has 0 N–H and O–H groups in total. The third kappa shape index (κ3) is 2.73. The van der Waals surface area contributed by atoms with Crippen LogP contribution in [0.25, 0.3) is 10.9 Å². The molecule has 0 aliphatic rings. The van der Waals surface area contributed by atoms with Gasteiger partial charge in [0.05, 0.1) is 5.56 Å². The van der Waals surface area contributed by atoms with E-state index in [9.17, 15) is 13.2 Å². The van der Waals surface area contributed by atoms with Gasteiger partial charge >= 0.3 is 6.18 Å². The highest BCUT2D eigenvalue weighted by Crippen LogP contribution is 2.30. The third-order valence-corrected chi connectivity index (χ3v) is 3.92. The summed E-state index contributed by atoms with van der Waals surface area (Å²) in [7, 11) is 0. The van der Waals surface area contributed by atoms with Crippen LogP contribution in [0.5, 0.6) is 0 Å². The van der Waals surface area contributed by atoms with Crippen molar-refractivity contribution in [3.8, 4) is 0 Å². The lowest BCUT2D eigenvalue weighted by atomic mass is 10.0. The maximum atomic E-state index is 12.6. The molecule has 0 radical (unpaired) electrons. The predicted molar refractivity (Wildman–Crippen MR) is 81.9 cm³/mol. The topological polar surface area (TPSA) is 4.93 Å². The first-order chi connectivity index (χ1) is 10.5. The van der Waals surface area contributed by atoms with E-state index in [1.54, 1.807) is 12.1 Å². The molecule has 0 spiro atoms. The monoisotopic (exact) mass is 303 g/mol. The molecule has 1 heterocycles. The van der Waals surface area contributed by atoms with Crippen LogP contribution in [0.3, 0.4) is 0 Å². The van der Waals surface area contributed by atoms with Crippen LogP contribution in [-0.2, 0) is 19.1 Å². The van der Waals surface area contributed by atoms with Gasteiger partial charge < -0.3 is 4.57 Å². The normalized spacial score (nSPS) is 12.0. The van der Waals surface area contributed by atoms with Crippen LogP contribution in [0.15, 0.2) is 54.7 Å². The zero-order valence-corrected chi connectivity index (χ0v) is 12.2. The first-order valence-electron chi connectivity index (χ1n) is 7.22. The van der Waals surface area contributed by atoms with Crippen LogP contribution in [-0.4, -0.2) is 4.57 Å². The highest BCUT2D eigenvalue weighted by molar-refractivity contribution is 5.84. The number of rotatable bonds is 3. The molecule has 0 unspecified atom stereocenters. The van der Waals surface area contributed by atoms with Gasteiger partial charge in [0.25, 0.3) is 0 Å². The van der Waals surface area contributed by atoms with Gasteiger partial charge in [-0.3, -0.25) is 0 Å². The summed E-state index contributed by atoms with van der Waals surface area (Å²) >= 11 is 0. The molecule has 114 valence electrons. The highest BCUT2D eigenvalue weighted by Gasteiger charge is 2.29. The lowest BCUT2D eigenvalue weighted by Crippen LogP contribution is -2.04. The fourth-order valence-corrected chi connectivity index (χ4v) is 2.75. The number of benzene rings is 2. The molecule has 0 aliphatic carbocycles. The van der Waals surface area contributed by atoms with E-state index in [0.717, 1.165) is 40.7 Å². The summed E-state index contributed by atoms with van der Waals surface area (Å²) in [6.45, 7) is 2.98. The fraction of sp³-hybridized carbons (Fsp3) is 0.222. The Labute approximate surface area is 127 Å². The third-order valence-electron chi connectivity index (χ3n) is 3.92. The maximum absolute atomic E-state index is 12.6. The van der Waals surface area contributed by atoms with E-state index in [4.69, 9.17) is 0 Å². The van der Waals surface area contributed by atoms with Crippen molar-refractivity contribution in [3.63, 3.8) is 0 Å². The molecule has 0 fully saturated rings. The zero-order valence-electron chi connectivity index (χ0n) is 12.2. The van der Waals surface area contributed by atoms with Gasteiger partial charge in [0.1, 0.15) is 0 Å². The molecule has 3 rings (SSSR count). The minimum absolute atomic E-state index is 0.605. The summed E-state index contributed by atoms with van der Waals surface area (Å²) < 4.78 is 39.9. The second kappa shape index (κ2) is 5.52. The molecule has 3 aromatic rings. The van der Waals surface area contributed by atoms with Gasteiger partial charge in [-0.15, -0.1) is 0 Å². The number of alkyl halides is 3. The van der Waals surface area contributed by atoms with E-state index in [2.05, 4.69) is 23.6 Å². The van der Waals surface area contributed by atoms with Crippen molar-refractivity contribution in [3.05, 3.63) is 71.4 Å². The van der Waals surface area contributed by atoms with Crippen molar-refractivity contribution in [2.45, 2.75) is 26.1 Å². The number of aromatic nitrogens is 1. The summed E-state index contributed by atoms with van der Waals surface area (Å²) in [4.78, 5) is 0. The quantitative estimate of drug-likeness (QED) is 0.621. The molecule has 0 atom stereocenters. The SMILES string of the molecule is CCn1ccc2c(Cc3ccc(C(F)(F)F)cc3)cccc21. The zero-order chi connectivity index (χ0) is 15.7. The van der Waals surface area contributed by atoms with Crippen molar-refractivity contribution in [2.75, 3.05) is 0 Å². The second-order valence-electron chi connectivity index (χ2n) is 5.32. The summed E-state index contributed by atoms with van der Waals surface area (Å²) in [6.07, 6.45) is -1.61. The molecule has 2 aromatic carbocycles. The van der Waals surface area contributed by atoms with Crippen molar-refractivity contribution in [2.24, 2.45) is 0 Å². The molecule has 0 amide bonds. The summed E-state index contributed by atoms with van der Waals surface area (Å²) in [5, 5.41) is 1.16. The number of halogens is 3. The van der Waals surface area contributed by atoms with Gasteiger partial charge in [0.2, 0.25) is 0 Å². The van der Waals surface area contributed by atoms with Crippen molar-refractivity contribution < 1.29 is 13.2 Å². The summed E-state index contributed by atoms with van der Waals surface area (Å²) in [6, 6.07) is 13.6. The van der Waals surface area contributed by atoms with Crippen molar-refractivity contribution in [1.82, 2.24) is 4.57 Å². The van der Waals surface area contributed by atoms with Crippen molar-refractivity contribution in [1.29, 1.82) is 0 Å². The Morgan fingerprint density at radius 1 is 0.955 bits per heavy atom. The largest absolute Gasteiger partial charge is 0.416 e. The van der Waals surface area contributed by atoms with Crippen LogP contribution in [0.4, 0.5) is 13.2 Å². The van der Waals surface area contributed by atoms with Crippen LogP contribution < -0.4 is 0 Å². The lowest BCUT2D eigenvalue weighted by Gasteiger charge is -2.09. The minimum atomic E-state index is -4.28. The number of aryl methyl sites for hydroxylation is 1. The Hall–Kier alpha value is -2.23. The molecule has 1 aromatic heterocycles. The highest BCUT2D eigenvalue weighted by atomic mass is 19.4. The molecular weight excluding hydrogens is 287 g/mol. The van der Waals surface area contributed by atoms with Crippen LogP contribution in [0.2, 0.25) is 0 Å². The Morgan fingerprint density at radius 2 is 1.68 bits per heavy atom. The maximum Gasteiger partial charge on any atom is 0.416 e. The molecule has 0 saturated heterocycles. The van der Waals surface area contributed by atoms with E-state index in [0.29, 0.717) is 6.42 Å². The Morgan fingerprint density at radius 3 is 2.32 bits per heavy atom. The van der Waals surface area contributed by atoms with Gasteiger partial charge in [0, 0.05) is 23.6 Å². The van der Waals surface area contributed by atoms with Crippen molar-refractivity contribution >= 4 is 10.9 Å². The molecule has 0 aliphatic heterocycles. The van der Waals surface area contributed by atoms with Gasteiger partial charge in [0.15, 0.2) is 0 Å². The van der Waals surface area contributed by atoms with E-state index in [1.165, 1.54) is 0 Å². The standard InChI is InChI=1S/C18H16F3N/c1-2-22-11-10-16-14(4-3-5-17(16)22)12-13-6-8-15(9-7-13)18(19,20)21/h3-11H,2,12H2,1H3. The molecule has 0 bridgehead atoms. The van der Waals surface area contributed by atoms with Crippen LogP contribution >= 0.6 is 0 Å². The number of nitrogens with zero attached hydrogens (tertiary/aromatic N) is 1. The predicted octanol–water partition coefficient (Wildman–Crippen LogP) is 5.27. The Bertz CT molecular complexity index is 782. The van der Waals surface area contributed by atoms with Crippen LogP contribution in [0.1, 0.15) is 23.6 Å². The van der Waals surface area contributed by atoms with E-state index in [1.807, 2.05) is 18.3 Å². The smallest absolute Gasteiger partial charge is 0.348 e. The minimum Gasteiger partial charge on any atom is -0.348 e. The van der Waals surface area contributed by atoms with Gasteiger partial charge in [-0.1, -0.05) is 24.3 Å². The van der Waals surface area contributed by atoms with Gasteiger partial charge in [-0.2, -0.15) is 13.2 Å². The Balaban J connectivity index is 1.92. The van der Waals surface area contributed by atoms with Crippen LogP contribution in [0, 0.1) is 0 Å². The van der Waals surface area contributed by atoms with E-state index < -0.39 is 11.7 Å². The average Bonchev–Trinajstić information content (AvgIpc) is 2.91. The summed E-state index contributed by atoms with van der Waals surface area (Å²) in [5.41, 5.74) is 2.56. The fourth-order valence-electron chi connectivity index (χ4n) is 2.75. The summed E-state index contributed by atoms with van der Waals surface area (Å²) in [5.74, 6) is 0. The van der Waals surface area contributed by atoms with Gasteiger partial charge in [-0.25, -0.2) is 0 Å². The molecular formula is C18H16F3N. The average molecular weight is 303 g/mol. The first-order valence-corrected chi connectivity index (χ1v) is 7.22. The second-order valence-corrected chi connectivity index (χ2v) is 5.32. The number of hydrogen-bond donors (Lipinski definition) is 0. The molecule has 1 nitrogen and oxygen atoms in total. The number of hydrogen-bond acceptors (Lipinski definition) is 0. The molecule has 4 heteroatoms. The molecule has 22 heavy (non-hydrogen) atoms. The molecule has 0 saturated carbocycles. The first kappa shape index (κ1) is 14.7.